The topological polar surface area (TPSA) is 0 Å². The van der Waals surface area contributed by atoms with E-state index in [-0.39, 0.29) is 0 Å². The van der Waals surface area contributed by atoms with Crippen molar-refractivity contribution in [3.63, 3.8) is 0 Å². The van der Waals surface area contributed by atoms with E-state index in [4.69, 9.17) is 11.6 Å². The summed E-state index contributed by atoms with van der Waals surface area (Å²) in [6.07, 6.45) is 6.13. The van der Waals surface area contributed by atoms with Crippen LogP contribution in [0.4, 0.5) is 0 Å². The second kappa shape index (κ2) is 3.26. The van der Waals surface area contributed by atoms with Gasteiger partial charge in [-0.05, 0) is 32.1 Å². The molecule has 0 aromatic heterocycles. The molecule has 0 aromatic rings. The highest BCUT2D eigenvalue weighted by Gasteiger charge is 2.22. The molecule has 0 spiro atoms. The molecule has 0 radical (unpaired) electrons. The van der Waals surface area contributed by atoms with E-state index in [0.29, 0.717) is 0 Å². The fraction of sp³-hybridized carbons (Fsp3) is 0.750. The van der Waals surface area contributed by atoms with Crippen LogP contribution in [0.2, 0.25) is 0 Å². The highest BCUT2D eigenvalue weighted by Crippen LogP contribution is 2.36. The lowest BCUT2D eigenvalue weighted by Gasteiger charge is -1.93. The third-order valence-electron chi connectivity index (χ3n) is 1.80. The van der Waals surface area contributed by atoms with E-state index < -0.39 is 0 Å². The van der Waals surface area contributed by atoms with Gasteiger partial charge < -0.3 is 0 Å². The van der Waals surface area contributed by atoms with Crippen LogP contribution < -0.4 is 0 Å². The third kappa shape index (κ3) is 2.40. The average Bonchev–Trinajstić information content (AvgIpc) is 2.63. The van der Waals surface area contributed by atoms with Gasteiger partial charge in [-0.1, -0.05) is 11.6 Å². The van der Waals surface area contributed by atoms with Crippen molar-refractivity contribution in [2.24, 2.45) is 5.92 Å². The summed E-state index contributed by atoms with van der Waals surface area (Å²) in [6.45, 7) is 2.21. The maximum Gasteiger partial charge on any atom is 0.0258 e. The highest BCUT2D eigenvalue weighted by atomic mass is 35.5. The summed E-state index contributed by atoms with van der Waals surface area (Å²) in [5, 5.41) is 0. The van der Waals surface area contributed by atoms with Crippen LogP contribution in [0.3, 0.4) is 0 Å². The predicted molar refractivity (Wildman–Crippen MR) is 41.8 cm³/mol. The Morgan fingerprint density at radius 3 is 2.78 bits per heavy atom. The zero-order valence-electron chi connectivity index (χ0n) is 5.86. The highest BCUT2D eigenvalue weighted by molar-refractivity contribution is 6.17. The fourth-order valence-corrected chi connectivity index (χ4v) is 1.10. The van der Waals surface area contributed by atoms with Gasteiger partial charge in [0.05, 0.1) is 0 Å². The van der Waals surface area contributed by atoms with Gasteiger partial charge in [-0.15, -0.1) is 11.6 Å². The number of halogens is 1. The Hall–Kier alpha value is 0.0300. The number of hydrogen-bond acceptors (Lipinski definition) is 0. The van der Waals surface area contributed by atoms with Gasteiger partial charge in [-0.3, -0.25) is 0 Å². The van der Waals surface area contributed by atoms with Gasteiger partial charge in [0, 0.05) is 5.88 Å². The molecule has 1 rings (SSSR count). The second-order valence-electron chi connectivity index (χ2n) is 2.70. The molecule has 0 bridgehead atoms. The van der Waals surface area contributed by atoms with Crippen molar-refractivity contribution in [1.29, 1.82) is 0 Å². The van der Waals surface area contributed by atoms with Crippen molar-refractivity contribution in [2.45, 2.75) is 26.2 Å². The molecule has 1 aliphatic carbocycles. The van der Waals surface area contributed by atoms with Crippen LogP contribution in [0.25, 0.3) is 0 Å². The van der Waals surface area contributed by atoms with Crippen molar-refractivity contribution in [2.75, 3.05) is 5.88 Å². The van der Waals surface area contributed by atoms with Gasteiger partial charge in [-0.25, -0.2) is 0 Å². The summed E-state index contributed by atoms with van der Waals surface area (Å²) in [5.41, 5.74) is 1.55. The van der Waals surface area contributed by atoms with Crippen LogP contribution in [0.15, 0.2) is 11.6 Å². The Labute approximate surface area is 61.9 Å². The summed E-state index contributed by atoms with van der Waals surface area (Å²) >= 11 is 5.53. The van der Waals surface area contributed by atoms with E-state index in [2.05, 4.69) is 13.0 Å². The van der Waals surface area contributed by atoms with Gasteiger partial charge in [0.25, 0.3) is 0 Å². The van der Waals surface area contributed by atoms with E-state index in [1.54, 1.807) is 5.57 Å². The number of allylic oxidation sites excluding steroid dienone is 2. The van der Waals surface area contributed by atoms with E-state index in [1.807, 2.05) is 0 Å². The van der Waals surface area contributed by atoms with Crippen molar-refractivity contribution >= 4 is 11.6 Å². The Bertz CT molecular complexity index is 112. The van der Waals surface area contributed by atoms with Crippen LogP contribution in [0.5, 0.6) is 0 Å². The summed E-state index contributed by atoms with van der Waals surface area (Å²) in [5.74, 6) is 1.69. The minimum atomic E-state index is 0.768. The van der Waals surface area contributed by atoms with E-state index >= 15 is 0 Å². The number of alkyl halides is 1. The standard InChI is InChI=1S/C8H13Cl/c1-7(3-2-6-9)8-4-5-8/h3,8H,2,4-6H2,1H3. The summed E-state index contributed by atoms with van der Waals surface area (Å²) in [4.78, 5) is 0. The molecular formula is C8H13Cl. The van der Waals surface area contributed by atoms with Gasteiger partial charge in [0.15, 0.2) is 0 Å². The lowest BCUT2D eigenvalue weighted by Crippen LogP contribution is -1.78. The molecule has 1 fully saturated rings. The molecule has 0 nitrogen and oxygen atoms in total. The lowest BCUT2D eigenvalue weighted by molar-refractivity contribution is 0.982. The molecule has 0 amide bonds. The normalized spacial score (nSPS) is 20.4. The minimum Gasteiger partial charge on any atom is -0.126 e. The van der Waals surface area contributed by atoms with Gasteiger partial charge in [-0.2, -0.15) is 0 Å². The van der Waals surface area contributed by atoms with Crippen LogP contribution in [-0.2, 0) is 0 Å². The first kappa shape index (κ1) is 7.14. The molecule has 1 heteroatoms. The van der Waals surface area contributed by atoms with Crippen LogP contribution in [0.1, 0.15) is 26.2 Å². The zero-order valence-corrected chi connectivity index (χ0v) is 6.62. The molecule has 0 saturated heterocycles. The van der Waals surface area contributed by atoms with Gasteiger partial charge in [0.2, 0.25) is 0 Å². The maximum absolute atomic E-state index is 5.53. The molecule has 0 heterocycles. The van der Waals surface area contributed by atoms with Crippen molar-refractivity contribution in [3.05, 3.63) is 11.6 Å². The summed E-state index contributed by atoms with van der Waals surface area (Å²) < 4.78 is 0. The zero-order chi connectivity index (χ0) is 6.69. The van der Waals surface area contributed by atoms with Crippen LogP contribution in [0, 0.1) is 5.92 Å². The molecule has 1 aliphatic rings. The predicted octanol–water partition coefficient (Wildman–Crippen LogP) is 2.97. The molecule has 0 aromatic carbocycles. The van der Waals surface area contributed by atoms with Crippen molar-refractivity contribution in [3.8, 4) is 0 Å². The van der Waals surface area contributed by atoms with E-state index in [1.165, 1.54) is 12.8 Å². The van der Waals surface area contributed by atoms with Crippen molar-refractivity contribution in [1.82, 2.24) is 0 Å². The first-order chi connectivity index (χ1) is 4.34. The second-order valence-corrected chi connectivity index (χ2v) is 3.08. The lowest BCUT2D eigenvalue weighted by atomic mass is 10.2. The smallest absolute Gasteiger partial charge is 0.0258 e. The Morgan fingerprint density at radius 2 is 2.33 bits per heavy atom. The average molecular weight is 145 g/mol. The molecule has 52 valence electrons. The van der Waals surface area contributed by atoms with Crippen LogP contribution in [-0.4, -0.2) is 5.88 Å². The Balaban J connectivity index is 2.20. The molecule has 1 saturated carbocycles. The molecule has 0 aliphatic heterocycles. The van der Waals surface area contributed by atoms with Crippen LogP contribution >= 0.6 is 11.6 Å². The number of rotatable bonds is 3. The SMILES string of the molecule is CC(=CCCCl)C1CC1. The summed E-state index contributed by atoms with van der Waals surface area (Å²) in [6, 6.07) is 0. The summed E-state index contributed by atoms with van der Waals surface area (Å²) in [7, 11) is 0. The van der Waals surface area contributed by atoms with Gasteiger partial charge in [0.1, 0.15) is 0 Å². The largest absolute Gasteiger partial charge is 0.126 e. The monoisotopic (exact) mass is 144 g/mol. The Morgan fingerprint density at radius 1 is 1.67 bits per heavy atom. The first-order valence-electron chi connectivity index (χ1n) is 3.57. The third-order valence-corrected chi connectivity index (χ3v) is 2.01. The van der Waals surface area contributed by atoms with Gasteiger partial charge >= 0.3 is 0 Å². The minimum absolute atomic E-state index is 0.768. The molecule has 9 heavy (non-hydrogen) atoms. The maximum atomic E-state index is 5.53. The Kier molecular flexibility index (Phi) is 2.59. The molecule has 0 atom stereocenters. The van der Waals surface area contributed by atoms with E-state index in [0.717, 1.165) is 18.2 Å². The molecule has 0 unspecified atom stereocenters. The quantitative estimate of drug-likeness (QED) is 0.422. The van der Waals surface area contributed by atoms with E-state index in [9.17, 15) is 0 Å². The molecule has 0 N–H and O–H groups in total. The molecular weight excluding hydrogens is 132 g/mol. The first-order valence-corrected chi connectivity index (χ1v) is 4.10. The fourth-order valence-electron chi connectivity index (χ4n) is 0.988. The van der Waals surface area contributed by atoms with Crippen molar-refractivity contribution < 1.29 is 0 Å². The number of hydrogen-bond donors (Lipinski definition) is 0.